The first-order valence-electron chi connectivity index (χ1n) is 5.08. The quantitative estimate of drug-likeness (QED) is 0.759. The molecule has 0 spiro atoms. The molecule has 0 radical (unpaired) electrons. The van der Waals surface area contributed by atoms with Crippen LogP contribution in [0.5, 0.6) is 23.0 Å². The lowest BCUT2D eigenvalue weighted by molar-refractivity contribution is 0.287. The van der Waals surface area contributed by atoms with Gasteiger partial charge in [0.15, 0.2) is 11.5 Å². The van der Waals surface area contributed by atoms with Crippen LogP contribution in [0, 0.1) is 0 Å². The molecule has 0 saturated carbocycles. The van der Waals surface area contributed by atoms with E-state index in [1.165, 1.54) is 18.2 Å². The number of phenols is 3. The fourth-order valence-corrected chi connectivity index (χ4v) is 1.44. The Kier molecular flexibility index (Phi) is 3.05. The van der Waals surface area contributed by atoms with Gasteiger partial charge in [0.2, 0.25) is 0 Å². The van der Waals surface area contributed by atoms with Gasteiger partial charge in [-0.2, -0.15) is 0 Å². The molecule has 0 aliphatic rings. The SMILES string of the molecule is Oc1cccc(COc2ccc(O)cc2O)c1. The Labute approximate surface area is 98.3 Å². The Morgan fingerprint density at radius 2 is 1.65 bits per heavy atom. The van der Waals surface area contributed by atoms with Crippen molar-refractivity contribution in [1.82, 2.24) is 0 Å². The first kappa shape index (κ1) is 11.1. The van der Waals surface area contributed by atoms with Crippen molar-refractivity contribution in [1.29, 1.82) is 0 Å². The summed E-state index contributed by atoms with van der Waals surface area (Å²) < 4.78 is 5.36. The minimum Gasteiger partial charge on any atom is -0.508 e. The molecule has 0 aliphatic heterocycles. The van der Waals surface area contributed by atoms with Crippen molar-refractivity contribution >= 4 is 0 Å². The highest BCUT2D eigenvalue weighted by Crippen LogP contribution is 2.30. The Morgan fingerprint density at radius 3 is 2.35 bits per heavy atom. The zero-order valence-electron chi connectivity index (χ0n) is 9.00. The molecule has 0 unspecified atom stereocenters. The van der Waals surface area contributed by atoms with Crippen LogP contribution in [-0.2, 0) is 6.61 Å². The summed E-state index contributed by atoms with van der Waals surface area (Å²) in [6, 6.07) is 10.8. The molecule has 0 aliphatic carbocycles. The summed E-state index contributed by atoms with van der Waals surface area (Å²) in [5.41, 5.74) is 0.789. The first-order chi connectivity index (χ1) is 8.15. The van der Waals surface area contributed by atoms with E-state index in [2.05, 4.69) is 0 Å². The predicted octanol–water partition coefficient (Wildman–Crippen LogP) is 2.38. The highest BCUT2D eigenvalue weighted by atomic mass is 16.5. The van der Waals surface area contributed by atoms with Gasteiger partial charge in [0, 0.05) is 6.07 Å². The van der Waals surface area contributed by atoms with Crippen LogP contribution in [0.1, 0.15) is 5.56 Å². The molecule has 4 heteroatoms. The van der Waals surface area contributed by atoms with Gasteiger partial charge in [-0.1, -0.05) is 12.1 Å². The van der Waals surface area contributed by atoms with E-state index in [4.69, 9.17) is 9.84 Å². The van der Waals surface area contributed by atoms with Crippen molar-refractivity contribution in [2.75, 3.05) is 0 Å². The van der Waals surface area contributed by atoms with E-state index in [-0.39, 0.29) is 29.6 Å². The van der Waals surface area contributed by atoms with E-state index in [1.54, 1.807) is 24.3 Å². The summed E-state index contributed by atoms with van der Waals surface area (Å²) >= 11 is 0. The van der Waals surface area contributed by atoms with Gasteiger partial charge in [-0.25, -0.2) is 0 Å². The molecule has 0 fully saturated rings. The minimum absolute atomic E-state index is 0.0211. The Morgan fingerprint density at radius 1 is 0.882 bits per heavy atom. The lowest BCUT2D eigenvalue weighted by Crippen LogP contribution is -1.95. The Hall–Kier alpha value is -2.36. The van der Waals surface area contributed by atoms with Crippen molar-refractivity contribution in [3.8, 4) is 23.0 Å². The average Bonchev–Trinajstić information content (AvgIpc) is 2.28. The molecule has 0 heterocycles. The number of aromatic hydroxyl groups is 3. The van der Waals surface area contributed by atoms with Gasteiger partial charge in [0.25, 0.3) is 0 Å². The molecule has 0 bridgehead atoms. The van der Waals surface area contributed by atoms with Crippen LogP contribution in [0.3, 0.4) is 0 Å². The molecule has 0 atom stereocenters. The zero-order chi connectivity index (χ0) is 12.3. The number of phenolic OH excluding ortho intramolecular Hbond substituents is 3. The summed E-state index contributed by atoms with van der Waals surface area (Å²) in [5.74, 6) is 0.310. The lowest BCUT2D eigenvalue weighted by atomic mass is 10.2. The summed E-state index contributed by atoms with van der Waals surface area (Å²) in [5, 5.41) is 27.9. The highest BCUT2D eigenvalue weighted by molar-refractivity contribution is 5.44. The number of ether oxygens (including phenoxy) is 1. The minimum atomic E-state index is -0.120. The van der Waals surface area contributed by atoms with E-state index in [0.717, 1.165) is 5.56 Å². The van der Waals surface area contributed by atoms with Crippen molar-refractivity contribution in [3.05, 3.63) is 48.0 Å². The van der Waals surface area contributed by atoms with Gasteiger partial charge in [-0.15, -0.1) is 0 Å². The molecule has 2 aromatic rings. The predicted molar refractivity (Wildman–Crippen MR) is 62.2 cm³/mol. The molecule has 3 N–H and O–H groups in total. The molecule has 2 aromatic carbocycles. The molecule has 17 heavy (non-hydrogen) atoms. The van der Waals surface area contributed by atoms with Crippen LogP contribution in [0.2, 0.25) is 0 Å². The Balaban J connectivity index is 2.07. The molecule has 0 amide bonds. The average molecular weight is 232 g/mol. The number of benzene rings is 2. The second kappa shape index (κ2) is 4.65. The van der Waals surface area contributed by atoms with Gasteiger partial charge in [0.05, 0.1) is 0 Å². The van der Waals surface area contributed by atoms with Crippen molar-refractivity contribution in [3.63, 3.8) is 0 Å². The van der Waals surface area contributed by atoms with E-state index in [0.29, 0.717) is 0 Å². The second-order valence-corrected chi connectivity index (χ2v) is 3.61. The van der Waals surface area contributed by atoms with Gasteiger partial charge in [-0.05, 0) is 29.8 Å². The van der Waals surface area contributed by atoms with E-state index in [1.807, 2.05) is 0 Å². The molecule has 4 nitrogen and oxygen atoms in total. The van der Waals surface area contributed by atoms with Crippen LogP contribution in [0.15, 0.2) is 42.5 Å². The molecule has 0 saturated heterocycles. The second-order valence-electron chi connectivity index (χ2n) is 3.61. The van der Waals surface area contributed by atoms with Crippen LogP contribution >= 0.6 is 0 Å². The van der Waals surface area contributed by atoms with Crippen molar-refractivity contribution in [2.45, 2.75) is 6.61 Å². The van der Waals surface area contributed by atoms with Crippen LogP contribution in [0.4, 0.5) is 0 Å². The first-order valence-corrected chi connectivity index (χ1v) is 5.08. The highest BCUT2D eigenvalue weighted by Gasteiger charge is 2.03. The van der Waals surface area contributed by atoms with E-state index < -0.39 is 0 Å². The number of rotatable bonds is 3. The summed E-state index contributed by atoms with van der Waals surface area (Å²) in [7, 11) is 0. The topological polar surface area (TPSA) is 69.9 Å². The van der Waals surface area contributed by atoms with Crippen molar-refractivity contribution < 1.29 is 20.1 Å². The third kappa shape index (κ3) is 2.81. The zero-order valence-corrected chi connectivity index (χ0v) is 9.00. The summed E-state index contributed by atoms with van der Waals surface area (Å²) in [6.45, 7) is 0.229. The molecule has 2 rings (SSSR count). The number of hydrogen-bond acceptors (Lipinski definition) is 4. The summed E-state index contributed by atoms with van der Waals surface area (Å²) in [4.78, 5) is 0. The lowest BCUT2D eigenvalue weighted by Gasteiger charge is -2.08. The van der Waals surface area contributed by atoms with E-state index in [9.17, 15) is 10.2 Å². The van der Waals surface area contributed by atoms with Gasteiger partial charge < -0.3 is 20.1 Å². The molecular weight excluding hydrogens is 220 g/mol. The smallest absolute Gasteiger partial charge is 0.161 e. The normalized spacial score (nSPS) is 10.1. The van der Waals surface area contributed by atoms with Crippen molar-refractivity contribution in [2.24, 2.45) is 0 Å². The standard InChI is InChI=1S/C13H12O4/c14-10-3-1-2-9(6-10)8-17-13-5-4-11(15)7-12(13)16/h1-7,14-16H,8H2. The van der Waals surface area contributed by atoms with Crippen LogP contribution in [0.25, 0.3) is 0 Å². The van der Waals surface area contributed by atoms with Crippen LogP contribution < -0.4 is 4.74 Å². The fraction of sp³-hybridized carbons (Fsp3) is 0.0769. The fourth-order valence-electron chi connectivity index (χ4n) is 1.44. The van der Waals surface area contributed by atoms with Gasteiger partial charge in [-0.3, -0.25) is 0 Å². The third-order valence-electron chi connectivity index (χ3n) is 2.25. The number of hydrogen-bond donors (Lipinski definition) is 3. The van der Waals surface area contributed by atoms with Gasteiger partial charge in [0.1, 0.15) is 18.1 Å². The maximum Gasteiger partial charge on any atom is 0.161 e. The van der Waals surface area contributed by atoms with Crippen LogP contribution in [-0.4, -0.2) is 15.3 Å². The van der Waals surface area contributed by atoms with Gasteiger partial charge >= 0.3 is 0 Å². The largest absolute Gasteiger partial charge is 0.508 e. The summed E-state index contributed by atoms with van der Waals surface area (Å²) in [6.07, 6.45) is 0. The molecular formula is C13H12O4. The molecule has 88 valence electrons. The maximum atomic E-state index is 9.49. The molecule has 0 aromatic heterocycles. The third-order valence-corrected chi connectivity index (χ3v) is 2.25. The van der Waals surface area contributed by atoms with E-state index >= 15 is 0 Å². The Bertz CT molecular complexity index is 523. The maximum absolute atomic E-state index is 9.49. The monoisotopic (exact) mass is 232 g/mol.